The van der Waals surface area contributed by atoms with Gasteiger partial charge in [0, 0.05) is 17.2 Å². The first kappa shape index (κ1) is 18.2. The number of ketones is 1. The van der Waals surface area contributed by atoms with Gasteiger partial charge in [0.1, 0.15) is 23.9 Å². The summed E-state index contributed by atoms with van der Waals surface area (Å²) in [7, 11) is 0. The number of halogens is 1. The Hall–Kier alpha value is -2.60. The van der Waals surface area contributed by atoms with E-state index in [0.717, 1.165) is 22.5 Å². The third kappa shape index (κ3) is 4.52. The number of aromatic nitrogens is 2. The molecule has 5 nitrogen and oxygen atoms in total. The highest BCUT2D eigenvalue weighted by atomic mass is 79.9. The molecule has 0 amide bonds. The van der Waals surface area contributed by atoms with E-state index in [4.69, 9.17) is 9.15 Å². The molecule has 0 saturated heterocycles. The number of furan rings is 1. The zero-order chi connectivity index (χ0) is 18.5. The van der Waals surface area contributed by atoms with Crippen molar-refractivity contribution in [1.82, 2.24) is 9.78 Å². The summed E-state index contributed by atoms with van der Waals surface area (Å²) < 4.78 is 14.1. The summed E-state index contributed by atoms with van der Waals surface area (Å²) in [6.45, 7) is 4.87. The van der Waals surface area contributed by atoms with Crippen LogP contribution in [0.5, 0.6) is 5.75 Å². The van der Waals surface area contributed by atoms with Crippen LogP contribution < -0.4 is 4.74 Å². The van der Waals surface area contributed by atoms with Gasteiger partial charge in [-0.2, -0.15) is 5.10 Å². The Bertz CT molecular complexity index is 940. The van der Waals surface area contributed by atoms with Crippen molar-refractivity contribution in [3.05, 3.63) is 75.9 Å². The van der Waals surface area contributed by atoms with Crippen LogP contribution in [0.1, 0.15) is 34.5 Å². The third-order valence-corrected chi connectivity index (χ3v) is 4.29. The summed E-state index contributed by atoms with van der Waals surface area (Å²) >= 11 is 3.41. The van der Waals surface area contributed by atoms with E-state index in [1.165, 1.54) is 6.08 Å². The molecule has 0 unspecified atom stereocenters. The minimum absolute atomic E-state index is 0.0921. The second-order valence-electron chi connectivity index (χ2n) is 5.73. The molecule has 2 aromatic heterocycles. The van der Waals surface area contributed by atoms with Gasteiger partial charge in [0.25, 0.3) is 0 Å². The minimum Gasteiger partial charge on any atom is -0.486 e. The summed E-state index contributed by atoms with van der Waals surface area (Å²) in [6, 6.07) is 11.3. The average molecular weight is 415 g/mol. The predicted octanol–water partition coefficient (Wildman–Crippen LogP) is 5.04. The van der Waals surface area contributed by atoms with E-state index in [2.05, 4.69) is 21.0 Å². The van der Waals surface area contributed by atoms with E-state index in [1.54, 1.807) is 17.0 Å². The highest BCUT2D eigenvalue weighted by Crippen LogP contribution is 2.20. The standard InChI is InChI=1S/C20H19BrN2O3/c1-3-23-12-19(14(2)22-23)20(24)10-9-16-7-8-18(26-16)13-25-17-6-4-5-15(21)11-17/h4-12H,3,13H2,1-2H3/b10-9+. The molecule has 2 heterocycles. The van der Waals surface area contributed by atoms with Crippen LogP contribution in [0.3, 0.4) is 0 Å². The van der Waals surface area contributed by atoms with Crippen LogP contribution in [-0.2, 0) is 13.2 Å². The second kappa shape index (κ2) is 8.19. The smallest absolute Gasteiger partial charge is 0.189 e. The maximum Gasteiger partial charge on any atom is 0.189 e. The van der Waals surface area contributed by atoms with E-state index in [1.807, 2.05) is 50.2 Å². The lowest BCUT2D eigenvalue weighted by molar-refractivity contribution is 0.104. The number of hydrogen-bond acceptors (Lipinski definition) is 4. The fourth-order valence-electron chi connectivity index (χ4n) is 2.44. The number of carbonyl (C=O) groups is 1. The maximum absolute atomic E-state index is 12.3. The van der Waals surface area contributed by atoms with Crippen LogP contribution in [-0.4, -0.2) is 15.6 Å². The topological polar surface area (TPSA) is 57.3 Å². The molecule has 0 spiro atoms. The van der Waals surface area contributed by atoms with Crippen molar-refractivity contribution in [3.8, 4) is 5.75 Å². The predicted molar refractivity (Wildman–Crippen MR) is 103 cm³/mol. The molecule has 0 aliphatic carbocycles. The highest BCUT2D eigenvalue weighted by Gasteiger charge is 2.10. The zero-order valence-electron chi connectivity index (χ0n) is 14.6. The second-order valence-corrected chi connectivity index (χ2v) is 6.65. The molecular weight excluding hydrogens is 396 g/mol. The van der Waals surface area contributed by atoms with Crippen LogP contribution in [0, 0.1) is 6.92 Å². The first-order chi connectivity index (χ1) is 12.5. The maximum atomic E-state index is 12.3. The summed E-state index contributed by atoms with van der Waals surface area (Å²) in [5.74, 6) is 1.95. The molecule has 134 valence electrons. The molecule has 0 fully saturated rings. The number of allylic oxidation sites excluding steroid dienone is 1. The Labute approximate surface area is 160 Å². The van der Waals surface area contributed by atoms with Crippen molar-refractivity contribution >= 4 is 27.8 Å². The van der Waals surface area contributed by atoms with Gasteiger partial charge in [-0.3, -0.25) is 9.48 Å². The minimum atomic E-state index is -0.0921. The number of rotatable bonds is 7. The summed E-state index contributed by atoms with van der Waals surface area (Å²) in [6.07, 6.45) is 4.93. The van der Waals surface area contributed by atoms with E-state index < -0.39 is 0 Å². The molecule has 0 N–H and O–H groups in total. The van der Waals surface area contributed by atoms with Crippen LogP contribution in [0.4, 0.5) is 0 Å². The zero-order valence-corrected chi connectivity index (χ0v) is 16.2. The van der Waals surface area contributed by atoms with Crippen molar-refractivity contribution in [2.24, 2.45) is 0 Å². The first-order valence-electron chi connectivity index (χ1n) is 8.28. The number of benzene rings is 1. The lowest BCUT2D eigenvalue weighted by Gasteiger charge is -2.04. The summed E-state index contributed by atoms with van der Waals surface area (Å²) in [4.78, 5) is 12.3. The Kier molecular flexibility index (Phi) is 5.73. The molecule has 3 aromatic rings. The quantitative estimate of drug-likeness (QED) is 0.401. The van der Waals surface area contributed by atoms with E-state index in [9.17, 15) is 4.79 Å². The number of hydrogen-bond donors (Lipinski definition) is 0. The van der Waals surface area contributed by atoms with Crippen LogP contribution in [0.2, 0.25) is 0 Å². The van der Waals surface area contributed by atoms with Crippen molar-refractivity contribution in [2.45, 2.75) is 27.0 Å². The van der Waals surface area contributed by atoms with E-state index in [0.29, 0.717) is 23.7 Å². The Morgan fingerprint density at radius 3 is 2.92 bits per heavy atom. The molecule has 1 aromatic carbocycles. The van der Waals surface area contributed by atoms with Gasteiger partial charge < -0.3 is 9.15 Å². The van der Waals surface area contributed by atoms with Gasteiger partial charge in [-0.1, -0.05) is 22.0 Å². The van der Waals surface area contributed by atoms with Crippen LogP contribution in [0.15, 0.2) is 57.6 Å². The molecule has 0 radical (unpaired) electrons. The lowest BCUT2D eigenvalue weighted by atomic mass is 10.1. The van der Waals surface area contributed by atoms with Gasteiger partial charge >= 0.3 is 0 Å². The number of nitrogens with zero attached hydrogens (tertiary/aromatic N) is 2. The third-order valence-electron chi connectivity index (χ3n) is 3.79. The van der Waals surface area contributed by atoms with E-state index >= 15 is 0 Å². The molecular formula is C20H19BrN2O3. The van der Waals surface area contributed by atoms with Crippen LogP contribution in [0.25, 0.3) is 6.08 Å². The number of aryl methyl sites for hydroxylation is 2. The van der Waals surface area contributed by atoms with Gasteiger partial charge in [0.15, 0.2) is 5.78 Å². The Morgan fingerprint density at radius 1 is 1.35 bits per heavy atom. The molecule has 0 aliphatic heterocycles. The van der Waals surface area contributed by atoms with Crippen molar-refractivity contribution < 1.29 is 13.9 Å². The molecule has 0 bridgehead atoms. The van der Waals surface area contributed by atoms with Crippen molar-refractivity contribution in [2.75, 3.05) is 0 Å². The molecule has 6 heteroatoms. The van der Waals surface area contributed by atoms with Gasteiger partial charge in [0.05, 0.1) is 11.3 Å². The molecule has 0 saturated carbocycles. The fourth-order valence-corrected chi connectivity index (χ4v) is 2.82. The number of carbonyl (C=O) groups excluding carboxylic acids is 1. The summed E-state index contributed by atoms with van der Waals surface area (Å²) in [5, 5.41) is 4.29. The molecule has 3 rings (SSSR count). The van der Waals surface area contributed by atoms with Gasteiger partial charge in [0.2, 0.25) is 0 Å². The van der Waals surface area contributed by atoms with Gasteiger partial charge in [-0.25, -0.2) is 0 Å². The van der Waals surface area contributed by atoms with Crippen molar-refractivity contribution in [1.29, 1.82) is 0 Å². The molecule has 0 atom stereocenters. The first-order valence-corrected chi connectivity index (χ1v) is 9.08. The largest absolute Gasteiger partial charge is 0.486 e. The van der Waals surface area contributed by atoms with Gasteiger partial charge in [-0.05, 0) is 56.3 Å². The van der Waals surface area contributed by atoms with E-state index in [-0.39, 0.29) is 5.78 Å². The summed E-state index contributed by atoms with van der Waals surface area (Å²) in [5.41, 5.74) is 1.33. The SMILES string of the molecule is CCn1cc(C(=O)/C=C/c2ccc(COc3cccc(Br)c3)o2)c(C)n1. The van der Waals surface area contributed by atoms with Crippen molar-refractivity contribution in [3.63, 3.8) is 0 Å². The fraction of sp³-hybridized carbons (Fsp3) is 0.200. The monoisotopic (exact) mass is 414 g/mol. The highest BCUT2D eigenvalue weighted by molar-refractivity contribution is 9.10. The molecule has 0 aliphatic rings. The van der Waals surface area contributed by atoms with Gasteiger partial charge in [-0.15, -0.1) is 0 Å². The lowest BCUT2D eigenvalue weighted by Crippen LogP contribution is -1.95. The average Bonchev–Trinajstić information content (AvgIpc) is 3.24. The Morgan fingerprint density at radius 2 is 2.19 bits per heavy atom. The normalized spacial score (nSPS) is 11.2. The number of ether oxygens (including phenoxy) is 1. The Balaban J connectivity index is 1.61. The molecule has 26 heavy (non-hydrogen) atoms. The van der Waals surface area contributed by atoms with Crippen LogP contribution >= 0.6 is 15.9 Å².